The summed E-state index contributed by atoms with van der Waals surface area (Å²) in [4.78, 5) is 22.9. The van der Waals surface area contributed by atoms with Crippen LogP contribution in [0, 0.1) is 0 Å². The predicted octanol–water partition coefficient (Wildman–Crippen LogP) is 2.58. The minimum atomic E-state index is -3.99. The maximum Gasteiger partial charge on any atom is 0.332 e. The Hall–Kier alpha value is -2.67. The van der Waals surface area contributed by atoms with Crippen molar-refractivity contribution in [3.63, 3.8) is 0 Å². The largest absolute Gasteiger partial charge is 0.463 e. The van der Waals surface area contributed by atoms with Crippen LogP contribution in [0.4, 0.5) is 0 Å². The minimum absolute atomic E-state index is 0.00588. The summed E-state index contributed by atoms with van der Waals surface area (Å²) in [5.74, 6) is -1.54. The lowest BCUT2D eigenvalue weighted by Gasteiger charge is -2.06. The fourth-order valence-electron chi connectivity index (χ4n) is 1.69. The van der Waals surface area contributed by atoms with E-state index in [1.165, 1.54) is 12.1 Å². The summed E-state index contributed by atoms with van der Waals surface area (Å²) in [6.07, 6.45) is 4.82. The van der Waals surface area contributed by atoms with Crippen molar-refractivity contribution in [2.24, 2.45) is 0 Å². The van der Waals surface area contributed by atoms with E-state index in [9.17, 15) is 18.0 Å². The molecule has 1 aromatic carbocycles. The van der Waals surface area contributed by atoms with Crippen LogP contribution in [0.3, 0.4) is 0 Å². The Morgan fingerprint density at radius 1 is 1.08 bits per heavy atom. The zero-order valence-electron chi connectivity index (χ0n) is 13.9. The highest BCUT2D eigenvalue weighted by atomic mass is 32.2. The van der Waals surface area contributed by atoms with Crippen LogP contribution in [0.25, 0.3) is 0 Å². The number of benzene rings is 1. The smallest absolute Gasteiger partial charge is 0.332 e. The number of allylic oxidation sites excluding steroid dienone is 1. The molecular formula is C18H20O6S. The Labute approximate surface area is 147 Å². The molecule has 0 spiro atoms. The van der Waals surface area contributed by atoms with Gasteiger partial charge in [-0.25, -0.2) is 18.0 Å². The van der Waals surface area contributed by atoms with Crippen molar-refractivity contribution in [1.29, 1.82) is 0 Å². The van der Waals surface area contributed by atoms with Gasteiger partial charge in [0, 0.05) is 12.2 Å². The van der Waals surface area contributed by atoms with Gasteiger partial charge in [-0.05, 0) is 31.6 Å². The molecule has 0 atom stereocenters. The van der Waals surface area contributed by atoms with Crippen molar-refractivity contribution in [2.75, 3.05) is 13.2 Å². The molecule has 0 radical (unpaired) electrons. The summed E-state index contributed by atoms with van der Waals surface area (Å²) in [5.41, 5.74) is 0. The quantitative estimate of drug-likeness (QED) is 0.220. The zero-order valence-corrected chi connectivity index (χ0v) is 14.7. The van der Waals surface area contributed by atoms with Crippen LogP contribution in [-0.4, -0.2) is 33.6 Å². The maximum atomic E-state index is 12.7. The number of carbonyl (C=O) groups is 2. The molecule has 0 aliphatic carbocycles. The fourth-order valence-corrected chi connectivity index (χ4v) is 2.98. The predicted molar refractivity (Wildman–Crippen MR) is 93.3 cm³/mol. The Bertz CT molecular complexity index is 760. The summed E-state index contributed by atoms with van der Waals surface area (Å²) >= 11 is 0. The van der Waals surface area contributed by atoms with Gasteiger partial charge in [-0.3, -0.25) is 0 Å². The van der Waals surface area contributed by atoms with Crippen LogP contribution in [0.5, 0.6) is 0 Å². The molecule has 0 aliphatic rings. The third kappa shape index (κ3) is 6.76. The zero-order chi connectivity index (χ0) is 18.7. The lowest BCUT2D eigenvalue weighted by molar-refractivity contribution is -0.138. The van der Waals surface area contributed by atoms with Crippen molar-refractivity contribution in [3.8, 4) is 0 Å². The molecule has 0 aromatic heterocycles. The van der Waals surface area contributed by atoms with Crippen LogP contribution >= 0.6 is 0 Å². The molecule has 134 valence electrons. The number of hydrogen-bond acceptors (Lipinski definition) is 6. The van der Waals surface area contributed by atoms with Gasteiger partial charge in [0.05, 0.1) is 23.0 Å². The Balaban J connectivity index is 3.16. The summed E-state index contributed by atoms with van der Waals surface area (Å²) in [7, 11) is -3.99. The molecule has 7 heteroatoms. The van der Waals surface area contributed by atoms with Crippen LogP contribution < -0.4 is 0 Å². The summed E-state index contributed by atoms with van der Waals surface area (Å²) in [6, 6.07) is 7.57. The van der Waals surface area contributed by atoms with Gasteiger partial charge in [0.2, 0.25) is 9.84 Å². The molecule has 0 heterocycles. The van der Waals surface area contributed by atoms with E-state index < -0.39 is 21.8 Å². The molecule has 0 saturated carbocycles. The van der Waals surface area contributed by atoms with Crippen molar-refractivity contribution >= 4 is 21.8 Å². The van der Waals surface area contributed by atoms with Gasteiger partial charge >= 0.3 is 11.9 Å². The number of rotatable bonds is 9. The molecule has 0 unspecified atom stereocenters. The van der Waals surface area contributed by atoms with E-state index in [0.717, 1.165) is 18.2 Å². The van der Waals surface area contributed by atoms with E-state index in [0.29, 0.717) is 6.42 Å². The highest BCUT2D eigenvalue weighted by Gasteiger charge is 2.20. The van der Waals surface area contributed by atoms with E-state index in [4.69, 9.17) is 9.47 Å². The van der Waals surface area contributed by atoms with Gasteiger partial charge in [-0.2, -0.15) is 0 Å². The lowest BCUT2D eigenvalue weighted by Crippen LogP contribution is -2.09. The normalized spacial score (nSPS) is 12.0. The van der Waals surface area contributed by atoms with Gasteiger partial charge in [-0.1, -0.05) is 24.3 Å². The monoisotopic (exact) mass is 364 g/mol. The number of sulfone groups is 1. The van der Waals surface area contributed by atoms with Crippen molar-refractivity contribution in [2.45, 2.75) is 18.2 Å². The van der Waals surface area contributed by atoms with E-state index in [1.807, 2.05) is 0 Å². The highest BCUT2D eigenvalue weighted by molar-refractivity contribution is 7.95. The van der Waals surface area contributed by atoms with Gasteiger partial charge in [0.25, 0.3) is 0 Å². The van der Waals surface area contributed by atoms with Crippen LogP contribution in [-0.2, 0) is 28.9 Å². The summed E-state index contributed by atoms with van der Waals surface area (Å²) < 4.78 is 35.0. The molecule has 0 fully saturated rings. The summed E-state index contributed by atoms with van der Waals surface area (Å²) in [5, 5.41) is 0. The second-order valence-corrected chi connectivity index (χ2v) is 6.64. The topological polar surface area (TPSA) is 86.7 Å². The molecule has 1 aromatic rings. The first-order chi connectivity index (χ1) is 11.9. The highest BCUT2D eigenvalue weighted by Crippen LogP contribution is 2.20. The Morgan fingerprint density at radius 2 is 1.76 bits per heavy atom. The first kappa shape index (κ1) is 20.4. The van der Waals surface area contributed by atoms with E-state index in [1.54, 1.807) is 31.2 Å². The second-order valence-electron chi connectivity index (χ2n) is 4.69. The fraction of sp³-hybridized carbons (Fsp3) is 0.222. The second kappa shape index (κ2) is 10.2. The molecule has 0 saturated heterocycles. The number of hydrogen-bond donors (Lipinski definition) is 0. The van der Waals surface area contributed by atoms with Gasteiger partial charge < -0.3 is 9.47 Å². The van der Waals surface area contributed by atoms with Crippen LogP contribution in [0.1, 0.15) is 13.3 Å². The average Bonchev–Trinajstić information content (AvgIpc) is 2.59. The number of ether oxygens (including phenoxy) is 2. The molecule has 6 nitrogen and oxygen atoms in total. The third-order valence-electron chi connectivity index (χ3n) is 2.86. The van der Waals surface area contributed by atoms with Gasteiger partial charge in [-0.15, -0.1) is 6.58 Å². The minimum Gasteiger partial charge on any atom is -0.463 e. The van der Waals surface area contributed by atoms with Gasteiger partial charge in [0.1, 0.15) is 0 Å². The maximum absolute atomic E-state index is 12.7. The first-order valence-electron chi connectivity index (χ1n) is 7.56. The van der Waals surface area contributed by atoms with Crippen LogP contribution in [0.15, 0.2) is 71.0 Å². The first-order valence-corrected chi connectivity index (χ1v) is 9.04. The average molecular weight is 364 g/mol. The lowest BCUT2D eigenvalue weighted by atomic mass is 10.4. The van der Waals surface area contributed by atoms with Crippen molar-refractivity contribution < 1.29 is 27.5 Å². The number of esters is 2. The van der Waals surface area contributed by atoms with Crippen LogP contribution in [0.2, 0.25) is 0 Å². The molecule has 0 N–H and O–H groups in total. The van der Waals surface area contributed by atoms with Crippen molar-refractivity contribution in [3.05, 3.63) is 66.1 Å². The van der Waals surface area contributed by atoms with E-state index in [2.05, 4.69) is 6.58 Å². The number of carbonyl (C=O) groups excluding carboxylic acids is 2. The standard InChI is InChI=1S/C18H20O6S/c1-3-5-13-24-18(20)14-16(11-12-17(19)23-4-2)25(21,22)15-9-7-6-8-10-15/h3,6-12,14H,1,4-5,13H2,2H3/b12-11+,16-14+. The van der Waals surface area contributed by atoms with E-state index in [-0.39, 0.29) is 23.0 Å². The van der Waals surface area contributed by atoms with Crippen molar-refractivity contribution in [1.82, 2.24) is 0 Å². The molecule has 0 amide bonds. The Morgan fingerprint density at radius 3 is 2.36 bits per heavy atom. The Kier molecular flexibility index (Phi) is 8.35. The molecule has 0 bridgehead atoms. The molecule has 25 heavy (non-hydrogen) atoms. The van der Waals surface area contributed by atoms with E-state index >= 15 is 0 Å². The SMILES string of the molecule is C=CCCOC(=O)/C=C(\C=C\C(=O)OCC)S(=O)(=O)c1ccccc1. The third-order valence-corrected chi connectivity index (χ3v) is 4.63. The summed E-state index contributed by atoms with van der Waals surface area (Å²) in [6.45, 7) is 5.36. The molecule has 1 rings (SSSR count). The van der Waals surface area contributed by atoms with Gasteiger partial charge in [0.15, 0.2) is 0 Å². The molecular weight excluding hydrogens is 344 g/mol. The molecule has 0 aliphatic heterocycles.